The van der Waals surface area contributed by atoms with Gasteiger partial charge >= 0.3 is 0 Å². The summed E-state index contributed by atoms with van der Waals surface area (Å²) in [6, 6.07) is 1.87. The number of hydrogen-bond acceptors (Lipinski definition) is 4. The van der Waals surface area contributed by atoms with Crippen LogP contribution in [0.3, 0.4) is 0 Å². The third-order valence-electron chi connectivity index (χ3n) is 1.88. The third-order valence-corrected chi connectivity index (χ3v) is 1.88. The molecular weight excluding hydrogens is 156 g/mol. The van der Waals surface area contributed by atoms with Crippen LogP contribution in [0.1, 0.15) is 0 Å². The summed E-state index contributed by atoms with van der Waals surface area (Å²) in [5.74, 6) is -0.569. The van der Waals surface area contributed by atoms with Gasteiger partial charge in [-0.1, -0.05) is 6.08 Å². The van der Waals surface area contributed by atoms with E-state index >= 15 is 0 Å². The van der Waals surface area contributed by atoms with Crippen molar-refractivity contribution in [2.75, 3.05) is 6.61 Å². The second-order valence-electron chi connectivity index (χ2n) is 2.62. The Labute approximate surface area is 70.2 Å². The van der Waals surface area contributed by atoms with E-state index in [1.807, 2.05) is 6.07 Å². The van der Waals surface area contributed by atoms with Crippen LogP contribution in [0.5, 0.6) is 0 Å². The smallest absolute Gasteiger partial charge is 0.0973 e. The lowest BCUT2D eigenvalue weighted by Crippen LogP contribution is -2.28. The number of nitrogens with zero attached hydrogens (tertiary/aromatic N) is 1. The lowest BCUT2D eigenvalue weighted by atomic mass is 9.89. The first-order chi connectivity index (χ1) is 5.70. The molecule has 0 amide bonds. The molecule has 0 heterocycles. The predicted molar refractivity (Wildman–Crippen MR) is 42.5 cm³/mol. The van der Waals surface area contributed by atoms with Crippen molar-refractivity contribution in [3.63, 3.8) is 0 Å². The summed E-state index contributed by atoms with van der Waals surface area (Å²) in [4.78, 5) is 0. The van der Waals surface area contributed by atoms with E-state index in [1.54, 1.807) is 0 Å². The fourth-order valence-corrected chi connectivity index (χ4v) is 1.16. The number of aliphatic hydroxyl groups excluding tert-OH is 2. The zero-order valence-electron chi connectivity index (χ0n) is 6.44. The van der Waals surface area contributed by atoms with Crippen molar-refractivity contribution >= 4 is 0 Å². The molecule has 4 N–H and O–H groups in total. The highest BCUT2D eigenvalue weighted by Crippen LogP contribution is 2.22. The summed E-state index contributed by atoms with van der Waals surface area (Å²) in [5, 5.41) is 26.8. The Hall–Kier alpha value is -1.31. The summed E-state index contributed by atoms with van der Waals surface area (Å²) in [6.07, 6.45) is 2.14. The Morgan fingerprint density at radius 1 is 1.67 bits per heavy atom. The maximum atomic E-state index is 9.30. The minimum Gasteiger partial charge on any atom is -0.398 e. The molecule has 0 saturated carbocycles. The molecule has 0 spiro atoms. The van der Waals surface area contributed by atoms with Gasteiger partial charge in [-0.2, -0.15) is 5.26 Å². The largest absolute Gasteiger partial charge is 0.398 e. The summed E-state index contributed by atoms with van der Waals surface area (Å²) < 4.78 is 0. The van der Waals surface area contributed by atoms with Crippen LogP contribution in [0, 0.1) is 17.2 Å². The van der Waals surface area contributed by atoms with Gasteiger partial charge in [-0.05, 0) is 6.08 Å². The zero-order valence-corrected chi connectivity index (χ0v) is 6.44. The Morgan fingerprint density at radius 2 is 2.33 bits per heavy atom. The molecule has 2 unspecified atom stereocenters. The van der Waals surface area contributed by atoms with Crippen LogP contribution in [0.25, 0.3) is 0 Å². The maximum Gasteiger partial charge on any atom is 0.0973 e. The van der Waals surface area contributed by atoms with Crippen molar-refractivity contribution < 1.29 is 10.2 Å². The number of hydrogen-bond donors (Lipinski definition) is 3. The van der Waals surface area contributed by atoms with Crippen LogP contribution in [0.2, 0.25) is 0 Å². The maximum absolute atomic E-state index is 9.30. The van der Waals surface area contributed by atoms with Gasteiger partial charge in [0.2, 0.25) is 0 Å². The molecule has 1 aliphatic carbocycles. The Morgan fingerprint density at radius 3 is 2.75 bits per heavy atom. The number of aliphatic hydroxyl groups is 2. The summed E-state index contributed by atoms with van der Waals surface area (Å²) in [7, 11) is 0. The molecule has 0 aromatic carbocycles. The summed E-state index contributed by atoms with van der Waals surface area (Å²) >= 11 is 0. The van der Waals surface area contributed by atoms with Crippen LogP contribution < -0.4 is 5.73 Å². The van der Waals surface area contributed by atoms with E-state index < -0.39 is 12.0 Å². The highest BCUT2D eigenvalue weighted by Gasteiger charge is 2.25. The van der Waals surface area contributed by atoms with E-state index in [1.165, 1.54) is 12.2 Å². The first-order valence-corrected chi connectivity index (χ1v) is 3.57. The standard InChI is InChI=1S/C8H10N2O2/c9-3-5-6(4-11)8(12)2-1-7(5)10/h1-2,6,8,11-12H,4,10H2. The quantitative estimate of drug-likeness (QED) is 0.478. The van der Waals surface area contributed by atoms with E-state index in [9.17, 15) is 5.11 Å². The van der Waals surface area contributed by atoms with Crippen molar-refractivity contribution in [1.29, 1.82) is 5.26 Å². The fraction of sp³-hybridized carbons (Fsp3) is 0.375. The van der Waals surface area contributed by atoms with E-state index in [4.69, 9.17) is 16.1 Å². The Bertz CT molecular complexity index is 275. The number of allylic oxidation sites excluding steroid dienone is 1. The second kappa shape index (κ2) is 3.39. The molecule has 1 aliphatic rings. The van der Waals surface area contributed by atoms with E-state index in [0.29, 0.717) is 5.70 Å². The molecular formula is C8H10N2O2. The first-order valence-electron chi connectivity index (χ1n) is 3.57. The van der Waals surface area contributed by atoms with Crippen LogP contribution in [-0.4, -0.2) is 22.9 Å². The minimum atomic E-state index is -0.808. The zero-order chi connectivity index (χ0) is 9.14. The molecule has 2 atom stereocenters. The normalized spacial score (nSPS) is 28.8. The monoisotopic (exact) mass is 166 g/mol. The van der Waals surface area contributed by atoms with Gasteiger partial charge in [0.25, 0.3) is 0 Å². The summed E-state index contributed by atoms with van der Waals surface area (Å²) in [5.41, 5.74) is 6.04. The van der Waals surface area contributed by atoms with Crippen LogP contribution >= 0.6 is 0 Å². The van der Waals surface area contributed by atoms with Crippen molar-refractivity contribution in [2.24, 2.45) is 11.7 Å². The molecule has 0 fully saturated rings. The van der Waals surface area contributed by atoms with Crippen molar-refractivity contribution in [3.8, 4) is 6.07 Å². The molecule has 1 rings (SSSR count). The van der Waals surface area contributed by atoms with Gasteiger partial charge in [-0.3, -0.25) is 0 Å². The predicted octanol–water partition coefficient (Wildman–Crippen LogP) is -0.738. The van der Waals surface area contributed by atoms with Gasteiger partial charge in [0.05, 0.1) is 24.4 Å². The first kappa shape index (κ1) is 8.78. The highest BCUT2D eigenvalue weighted by atomic mass is 16.3. The van der Waals surface area contributed by atoms with Crippen LogP contribution in [0.15, 0.2) is 23.4 Å². The van der Waals surface area contributed by atoms with Gasteiger partial charge < -0.3 is 15.9 Å². The molecule has 0 aromatic heterocycles. The van der Waals surface area contributed by atoms with Gasteiger partial charge in [0.15, 0.2) is 0 Å². The molecule has 12 heavy (non-hydrogen) atoms. The van der Waals surface area contributed by atoms with E-state index in [2.05, 4.69) is 0 Å². The molecule has 64 valence electrons. The van der Waals surface area contributed by atoms with Crippen molar-refractivity contribution in [2.45, 2.75) is 6.10 Å². The van der Waals surface area contributed by atoms with Gasteiger partial charge in [-0.25, -0.2) is 0 Å². The van der Waals surface area contributed by atoms with Crippen LogP contribution in [0.4, 0.5) is 0 Å². The van der Waals surface area contributed by atoms with Gasteiger partial charge in [-0.15, -0.1) is 0 Å². The molecule has 0 saturated heterocycles. The number of nitriles is 1. The number of rotatable bonds is 1. The van der Waals surface area contributed by atoms with E-state index in [0.717, 1.165) is 0 Å². The van der Waals surface area contributed by atoms with Crippen LogP contribution in [-0.2, 0) is 0 Å². The topological polar surface area (TPSA) is 90.3 Å². The molecule has 0 aliphatic heterocycles. The molecule has 0 radical (unpaired) electrons. The molecule has 0 bridgehead atoms. The van der Waals surface area contributed by atoms with Gasteiger partial charge in [0.1, 0.15) is 0 Å². The molecule has 4 heteroatoms. The van der Waals surface area contributed by atoms with Crippen molar-refractivity contribution in [3.05, 3.63) is 23.4 Å². The molecule has 4 nitrogen and oxygen atoms in total. The second-order valence-corrected chi connectivity index (χ2v) is 2.62. The summed E-state index contributed by atoms with van der Waals surface area (Å²) in [6.45, 7) is -0.269. The minimum absolute atomic E-state index is 0.257. The number of nitrogens with two attached hydrogens (primary N) is 1. The lowest BCUT2D eigenvalue weighted by molar-refractivity contribution is 0.121. The van der Waals surface area contributed by atoms with Crippen molar-refractivity contribution in [1.82, 2.24) is 0 Å². The lowest BCUT2D eigenvalue weighted by Gasteiger charge is -2.21. The fourth-order valence-electron chi connectivity index (χ4n) is 1.16. The molecule has 0 aromatic rings. The third kappa shape index (κ3) is 1.33. The highest BCUT2D eigenvalue weighted by molar-refractivity contribution is 5.39. The Kier molecular flexibility index (Phi) is 2.48. The average molecular weight is 166 g/mol. The van der Waals surface area contributed by atoms with Gasteiger partial charge in [0, 0.05) is 11.6 Å². The SMILES string of the molecule is N#CC1=C(N)C=CC(O)C1CO. The van der Waals surface area contributed by atoms with E-state index in [-0.39, 0.29) is 12.2 Å². The Balaban J connectivity index is 3.01. The average Bonchev–Trinajstić information content (AvgIpc) is 2.08.